The zero-order chi connectivity index (χ0) is 23.8. The highest BCUT2D eigenvalue weighted by molar-refractivity contribution is 6.39. The number of hydrogen-bond acceptors (Lipinski definition) is 6. The van der Waals surface area contributed by atoms with Crippen LogP contribution in [0.5, 0.6) is 11.5 Å². The first-order chi connectivity index (χ1) is 15.9. The molecular formula is C24H20ClN3O5. The lowest BCUT2D eigenvalue weighted by Crippen LogP contribution is -2.32. The van der Waals surface area contributed by atoms with Crippen LogP contribution in [0.25, 0.3) is 0 Å². The zero-order valence-electron chi connectivity index (χ0n) is 17.8. The van der Waals surface area contributed by atoms with Gasteiger partial charge in [0.05, 0.1) is 18.9 Å². The van der Waals surface area contributed by atoms with Gasteiger partial charge < -0.3 is 14.8 Å². The van der Waals surface area contributed by atoms with Crippen molar-refractivity contribution in [1.29, 1.82) is 0 Å². The Morgan fingerprint density at radius 2 is 1.70 bits per heavy atom. The summed E-state index contributed by atoms with van der Waals surface area (Å²) in [7, 11) is 1.54. The summed E-state index contributed by atoms with van der Waals surface area (Å²) in [4.78, 5) is 36.2. The molecule has 0 radical (unpaired) electrons. The summed E-state index contributed by atoms with van der Waals surface area (Å²) in [6, 6.07) is 17.9. The number of ether oxygens (including phenoxy) is 2. The number of rotatable bonds is 6. The first-order valence-corrected chi connectivity index (χ1v) is 10.1. The zero-order valence-corrected chi connectivity index (χ0v) is 18.6. The van der Waals surface area contributed by atoms with E-state index in [1.165, 1.54) is 13.3 Å². The predicted molar refractivity (Wildman–Crippen MR) is 125 cm³/mol. The molecule has 33 heavy (non-hydrogen) atoms. The number of methoxy groups -OCH3 is 1. The van der Waals surface area contributed by atoms with Crippen LogP contribution in [0.3, 0.4) is 0 Å². The van der Waals surface area contributed by atoms with Crippen molar-refractivity contribution in [2.45, 2.75) is 6.92 Å². The lowest BCUT2D eigenvalue weighted by molar-refractivity contribution is -0.136. The Labute approximate surface area is 195 Å². The lowest BCUT2D eigenvalue weighted by atomic mass is 10.2. The molecule has 8 nitrogen and oxygen atoms in total. The molecule has 0 aliphatic heterocycles. The van der Waals surface area contributed by atoms with Gasteiger partial charge in [0.1, 0.15) is 11.5 Å². The molecule has 0 aliphatic rings. The summed E-state index contributed by atoms with van der Waals surface area (Å²) in [5.74, 6) is -1.46. The molecule has 0 spiro atoms. The van der Waals surface area contributed by atoms with Crippen LogP contribution in [0.15, 0.2) is 71.8 Å². The molecule has 0 saturated carbocycles. The summed E-state index contributed by atoms with van der Waals surface area (Å²) in [6.45, 7) is 1.82. The van der Waals surface area contributed by atoms with Crippen molar-refractivity contribution < 1.29 is 23.9 Å². The van der Waals surface area contributed by atoms with Crippen molar-refractivity contribution in [3.05, 3.63) is 88.4 Å². The maximum Gasteiger partial charge on any atom is 0.343 e. The van der Waals surface area contributed by atoms with E-state index in [1.54, 1.807) is 66.7 Å². The number of nitrogens with one attached hydrogen (secondary N) is 2. The summed E-state index contributed by atoms with van der Waals surface area (Å²) < 4.78 is 10.4. The minimum absolute atomic E-state index is 0.292. The van der Waals surface area contributed by atoms with E-state index in [-0.39, 0.29) is 0 Å². The number of carbonyl (C=O) groups excluding carboxylic acids is 3. The van der Waals surface area contributed by atoms with Gasteiger partial charge in [0.2, 0.25) is 0 Å². The molecule has 2 amide bonds. The average Bonchev–Trinajstić information content (AvgIpc) is 2.81. The Hall–Kier alpha value is -4.17. The maximum absolute atomic E-state index is 12.3. The highest BCUT2D eigenvalue weighted by atomic mass is 35.5. The fraction of sp³-hybridized carbons (Fsp3) is 0.0833. The number of esters is 1. The van der Waals surface area contributed by atoms with Gasteiger partial charge >= 0.3 is 17.8 Å². The third-order valence-electron chi connectivity index (χ3n) is 4.41. The summed E-state index contributed by atoms with van der Waals surface area (Å²) in [5, 5.41) is 6.68. The number of hydrogen-bond donors (Lipinski definition) is 2. The van der Waals surface area contributed by atoms with Gasteiger partial charge in [-0.3, -0.25) is 9.59 Å². The van der Waals surface area contributed by atoms with Gasteiger partial charge in [0, 0.05) is 10.7 Å². The molecule has 2 N–H and O–H groups in total. The van der Waals surface area contributed by atoms with Gasteiger partial charge in [0.25, 0.3) is 0 Å². The van der Waals surface area contributed by atoms with Crippen molar-refractivity contribution >= 4 is 41.3 Å². The number of benzene rings is 3. The van der Waals surface area contributed by atoms with E-state index in [1.807, 2.05) is 6.92 Å². The van der Waals surface area contributed by atoms with E-state index in [4.69, 9.17) is 21.1 Å². The molecule has 9 heteroatoms. The first kappa shape index (κ1) is 23.5. The standard InChI is InChI=1S/C24H20ClN3O5/c1-15-6-9-18(13-21(15)25)27-22(29)23(30)28-26-14-16-4-3-5-20(12-16)33-24(31)17-7-10-19(32-2)11-8-17/h3-14H,1-2H3,(H,27,29)(H,28,30)/b26-14-. The third-order valence-corrected chi connectivity index (χ3v) is 4.82. The van der Waals surface area contributed by atoms with Gasteiger partial charge in [-0.2, -0.15) is 5.10 Å². The molecule has 0 fully saturated rings. The summed E-state index contributed by atoms with van der Waals surface area (Å²) in [6.07, 6.45) is 1.32. The minimum Gasteiger partial charge on any atom is -0.497 e. The molecule has 0 bridgehead atoms. The number of carbonyl (C=O) groups is 3. The number of anilines is 1. The molecular weight excluding hydrogens is 446 g/mol. The van der Waals surface area contributed by atoms with Gasteiger partial charge in [-0.25, -0.2) is 10.2 Å². The maximum atomic E-state index is 12.3. The molecule has 168 valence electrons. The number of amides is 2. The van der Waals surface area contributed by atoms with Crippen LogP contribution >= 0.6 is 11.6 Å². The van der Waals surface area contributed by atoms with E-state index < -0.39 is 17.8 Å². The van der Waals surface area contributed by atoms with Crippen molar-refractivity contribution in [2.24, 2.45) is 5.10 Å². The summed E-state index contributed by atoms with van der Waals surface area (Å²) >= 11 is 6.01. The Morgan fingerprint density at radius 3 is 2.39 bits per heavy atom. The highest BCUT2D eigenvalue weighted by Gasteiger charge is 2.13. The second-order valence-corrected chi connectivity index (χ2v) is 7.21. The molecule has 3 aromatic carbocycles. The molecule has 0 heterocycles. The van der Waals surface area contributed by atoms with E-state index in [2.05, 4.69) is 15.8 Å². The van der Waals surface area contributed by atoms with E-state index in [0.29, 0.717) is 33.3 Å². The van der Waals surface area contributed by atoms with Crippen LogP contribution < -0.4 is 20.2 Å². The number of nitrogens with zero attached hydrogens (tertiary/aromatic N) is 1. The lowest BCUT2D eigenvalue weighted by Gasteiger charge is -2.06. The third kappa shape index (κ3) is 6.65. The SMILES string of the molecule is COc1ccc(C(=O)Oc2cccc(/C=N\NC(=O)C(=O)Nc3ccc(C)c(Cl)c3)c2)cc1. The van der Waals surface area contributed by atoms with Crippen molar-refractivity contribution in [2.75, 3.05) is 12.4 Å². The van der Waals surface area contributed by atoms with Crippen molar-refractivity contribution in [3.8, 4) is 11.5 Å². The minimum atomic E-state index is -0.954. The van der Waals surface area contributed by atoms with Crippen LogP contribution in [0.1, 0.15) is 21.5 Å². The van der Waals surface area contributed by atoms with Gasteiger partial charge in [-0.1, -0.05) is 29.8 Å². The van der Waals surface area contributed by atoms with Gasteiger partial charge in [0.15, 0.2) is 0 Å². The number of aryl methyl sites for hydroxylation is 1. The van der Waals surface area contributed by atoms with Crippen LogP contribution in [-0.4, -0.2) is 31.1 Å². The highest BCUT2D eigenvalue weighted by Crippen LogP contribution is 2.20. The van der Waals surface area contributed by atoms with Crippen molar-refractivity contribution in [3.63, 3.8) is 0 Å². The Balaban J connectivity index is 1.55. The fourth-order valence-electron chi connectivity index (χ4n) is 2.63. The fourth-order valence-corrected chi connectivity index (χ4v) is 2.81. The monoisotopic (exact) mass is 465 g/mol. The molecule has 3 aromatic rings. The number of hydrazone groups is 1. The molecule has 0 unspecified atom stereocenters. The first-order valence-electron chi connectivity index (χ1n) is 9.72. The van der Waals surface area contributed by atoms with Crippen LogP contribution in [-0.2, 0) is 9.59 Å². The average molecular weight is 466 g/mol. The van der Waals surface area contributed by atoms with Crippen LogP contribution in [0.2, 0.25) is 5.02 Å². The van der Waals surface area contributed by atoms with E-state index in [9.17, 15) is 14.4 Å². The second kappa shape index (κ2) is 10.9. The Kier molecular flexibility index (Phi) is 7.77. The predicted octanol–water partition coefficient (Wildman–Crippen LogP) is 3.97. The quantitative estimate of drug-likeness (QED) is 0.188. The Morgan fingerprint density at radius 1 is 0.939 bits per heavy atom. The number of halogens is 1. The van der Waals surface area contributed by atoms with Gasteiger partial charge in [-0.05, 0) is 66.6 Å². The molecule has 0 aromatic heterocycles. The van der Waals surface area contributed by atoms with E-state index >= 15 is 0 Å². The topological polar surface area (TPSA) is 106 Å². The molecule has 0 saturated heterocycles. The largest absolute Gasteiger partial charge is 0.497 e. The molecule has 0 atom stereocenters. The Bertz CT molecular complexity index is 1210. The normalized spacial score (nSPS) is 10.5. The van der Waals surface area contributed by atoms with Crippen LogP contribution in [0, 0.1) is 6.92 Å². The molecule has 3 rings (SSSR count). The summed E-state index contributed by atoms with van der Waals surface area (Å²) in [5.41, 5.74) is 4.28. The molecule has 0 aliphatic carbocycles. The van der Waals surface area contributed by atoms with Crippen LogP contribution in [0.4, 0.5) is 5.69 Å². The second-order valence-electron chi connectivity index (χ2n) is 6.81. The van der Waals surface area contributed by atoms with E-state index in [0.717, 1.165) is 5.56 Å². The van der Waals surface area contributed by atoms with Gasteiger partial charge in [-0.15, -0.1) is 0 Å². The van der Waals surface area contributed by atoms with Crippen molar-refractivity contribution in [1.82, 2.24) is 5.43 Å². The smallest absolute Gasteiger partial charge is 0.343 e.